The van der Waals surface area contributed by atoms with Crippen LogP contribution in [0.1, 0.15) is 29.0 Å². The Balaban J connectivity index is 1.91. The summed E-state index contributed by atoms with van der Waals surface area (Å²) in [5.41, 5.74) is 0.0540. The first-order valence-electron chi connectivity index (χ1n) is 7.01. The summed E-state index contributed by atoms with van der Waals surface area (Å²) in [7, 11) is 0. The lowest BCUT2D eigenvalue weighted by Crippen LogP contribution is -2.49. The Bertz CT molecular complexity index is 680. The average Bonchev–Trinajstić information content (AvgIpc) is 2.95. The van der Waals surface area contributed by atoms with Gasteiger partial charge in [0, 0.05) is 13.2 Å². The number of halogens is 2. The molecular weight excluding hydrogens is 309 g/mol. The predicted molar refractivity (Wildman–Crippen MR) is 79.3 cm³/mol. The maximum absolute atomic E-state index is 13.6. The highest BCUT2D eigenvalue weighted by molar-refractivity contribution is 6.29. The van der Waals surface area contributed by atoms with Crippen molar-refractivity contribution in [3.63, 3.8) is 0 Å². The minimum atomic E-state index is -0.670. The molecule has 2 aromatic rings. The molecule has 0 radical (unpaired) electrons. The molecule has 1 amide bonds. The number of ether oxygens (including phenoxy) is 1. The molecule has 0 unspecified atom stereocenters. The van der Waals surface area contributed by atoms with Crippen molar-refractivity contribution in [2.75, 3.05) is 13.2 Å². The number of hydrogen-bond donors (Lipinski definition) is 1. The summed E-state index contributed by atoms with van der Waals surface area (Å²) >= 11 is 5.70. The molecule has 1 aliphatic rings. The standard InChI is InChI=1S/C16H15ClFNO3/c17-14-5-4-13(22-14)15(20)19-16(6-8-21-9-7-16)11-2-1-3-12(18)10-11/h1-5,10H,6-9H2,(H,19,20). The number of nitrogens with one attached hydrogen (secondary N) is 1. The van der Waals surface area contributed by atoms with E-state index in [4.69, 9.17) is 20.8 Å². The van der Waals surface area contributed by atoms with E-state index in [0.29, 0.717) is 26.1 Å². The second kappa shape index (κ2) is 6.10. The number of benzene rings is 1. The van der Waals surface area contributed by atoms with Gasteiger partial charge in [0.1, 0.15) is 5.82 Å². The summed E-state index contributed by atoms with van der Waals surface area (Å²) in [5, 5.41) is 3.12. The molecule has 0 bridgehead atoms. The first kappa shape index (κ1) is 15.1. The second-order valence-electron chi connectivity index (χ2n) is 5.26. The number of hydrogen-bond acceptors (Lipinski definition) is 3. The second-order valence-corrected chi connectivity index (χ2v) is 5.64. The highest BCUT2D eigenvalue weighted by atomic mass is 35.5. The largest absolute Gasteiger partial charge is 0.440 e. The topological polar surface area (TPSA) is 51.5 Å². The van der Waals surface area contributed by atoms with Crippen molar-refractivity contribution in [3.05, 3.63) is 58.8 Å². The number of amides is 1. The molecule has 1 saturated heterocycles. The highest BCUT2D eigenvalue weighted by Gasteiger charge is 2.37. The van der Waals surface area contributed by atoms with Crippen LogP contribution in [0.3, 0.4) is 0 Å². The van der Waals surface area contributed by atoms with Gasteiger partial charge in [0.2, 0.25) is 0 Å². The van der Waals surface area contributed by atoms with Crippen LogP contribution in [0, 0.1) is 5.82 Å². The molecule has 1 aromatic carbocycles. The fourth-order valence-electron chi connectivity index (χ4n) is 2.71. The maximum Gasteiger partial charge on any atom is 0.287 e. The fourth-order valence-corrected chi connectivity index (χ4v) is 2.85. The summed E-state index contributed by atoms with van der Waals surface area (Å²) in [6, 6.07) is 9.29. The zero-order chi connectivity index (χ0) is 15.6. The highest BCUT2D eigenvalue weighted by Crippen LogP contribution is 2.33. The van der Waals surface area contributed by atoms with E-state index >= 15 is 0 Å². The third-order valence-electron chi connectivity index (χ3n) is 3.87. The smallest absolute Gasteiger partial charge is 0.287 e. The summed E-state index contributed by atoms with van der Waals surface area (Å²) in [6.07, 6.45) is 1.13. The van der Waals surface area contributed by atoms with E-state index in [0.717, 1.165) is 5.56 Å². The van der Waals surface area contributed by atoms with E-state index in [1.54, 1.807) is 6.07 Å². The molecule has 116 valence electrons. The summed E-state index contributed by atoms with van der Waals surface area (Å²) < 4.78 is 24.1. The van der Waals surface area contributed by atoms with Gasteiger partial charge in [-0.05, 0) is 54.3 Å². The lowest BCUT2D eigenvalue weighted by Gasteiger charge is -2.38. The van der Waals surface area contributed by atoms with E-state index in [2.05, 4.69) is 5.32 Å². The Hall–Kier alpha value is -1.85. The van der Waals surface area contributed by atoms with Gasteiger partial charge in [-0.15, -0.1) is 0 Å². The number of carbonyl (C=O) groups is 1. The van der Waals surface area contributed by atoms with Crippen LogP contribution in [0.5, 0.6) is 0 Å². The zero-order valence-electron chi connectivity index (χ0n) is 11.8. The van der Waals surface area contributed by atoms with Gasteiger partial charge in [-0.3, -0.25) is 4.79 Å². The van der Waals surface area contributed by atoms with Gasteiger partial charge in [0.25, 0.3) is 5.91 Å². The van der Waals surface area contributed by atoms with Crippen LogP contribution in [0.4, 0.5) is 4.39 Å². The third kappa shape index (κ3) is 3.00. The minimum Gasteiger partial charge on any atom is -0.440 e. The van der Waals surface area contributed by atoms with Crippen LogP contribution in [0.15, 0.2) is 40.8 Å². The van der Waals surface area contributed by atoms with Gasteiger partial charge in [-0.2, -0.15) is 0 Å². The summed E-state index contributed by atoms with van der Waals surface area (Å²) in [6.45, 7) is 0.991. The van der Waals surface area contributed by atoms with Gasteiger partial charge >= 0.3 is 0 Å². The maximum atomic E-state index is 13.6. The van der Waals surface area contributed by atoms with Crippen LogP contribution in [0.2, 0.25) is 5.22 Å². The Morgan fingerprint density at radius 3 is 2.64 bits per heavy atom. The van der Waals surface area contributed by atoms with Crippen LogP contribution in [-0.4, -0.2) is 19.1 Å². The molecule has 3 rings (SSSR count). The molecule has 0 spiro atoms. The fraction of sp³-hybridized carbons (Fsp3) is 0.312. The monoisotopic (exact) mass is 323 g/mol. The predicted octanol–water partition coefficient (Wildman–Crippen LogP) is 3.51. The molecule has 2 heterocycles. The Morgan fingerprint density at radius 1 is 1.23 bits per heavy atom. The Labute approximate surface area is 132 Å². The molecule has 0 aliphatic carbocycles. The quantitative estimate of drug-likeness (QED) is 0.940. The van der Waals surface area contributed by atoms with E-state index in [1.807, 2.05) is 6.07 Å². The number of rotatable bonds is 3. The first-order chi connectivity index (χ1) is 10.6. The first-order valence-corrected chi connectivity index (χ1v) is 7.38. The van der Waals surface area contributed by atoms with Gasteiger partial charge in [0.05, 0.1) is 5.54 Å². The van der Waals surface area contributed by atoms with Gasteiger partial charge in [-0.1, -0.05) is 12.1 Å². The molecule has 1 N–H and O–H groups in total. The Kier molecular flexibility index (Phi) is 4.18. The van der Waals surface area contributed by atoms with Crippen molar-refractivity contribution < 1.29 is 18.3 Å². The lowest BCUT2D eigenvalue weighted by atomic mass is 9.82. The van der Waals surface area contributed by atoms with Crippen molar-refractivity contribution in [1.82, 2.24) is 5.32 Å². The normalized spacial score (nSPS) is 17.2. The SMILES string of the molecule is O=C(NC1(c2cccc(F)c2)CCOCC1)c1ccc(Cl)o1. The van der Waals surface area contributed by atoms with E-state index in [-0.39, 0.29) is 22.7 Å². The molecule has 1 aliphatic heterocycles. The molecule has 6 heteroatoms. The zero-order valence-corrected chi connectivity index (χ0v) is 12.5. The van der Waals surface area contributed by atoms with E-state index in [1.165, 1.54) is 24.3 Å². The molecular formula is C16H15ClFNO3. The van der Waals surface area contributed by atoms with E-state index in [9.17, 15) is 9.18 Å². The van der Waals surface area contributed by atoms with Gasteiger partial charge < -0.3 is 14.5 Å². The summed E-state index contributed by atoms with van der Waals surface area (Å²) in [5.74, 6) is -0.580. The molecule has 0 atom stereocenters. The van der Waals surface area contributed by atoms with Crippen LogP contribution < -0.4 is 5.32 Å². The van der Waals surface area contributed by atoms with Crippen LogP contribution in [0.25, 0.3) is 0 Å². The molecule has 1 fully saturated rings. The molecule has 0 saturated carbocycles. The third-order valence-corrected chi connectivity index (χ3v) is 4.08. The van der Waals surface area contributed by atoms with E-state index < -0.39 is 5.54 Å². The molecule has 4 nitrogen and oxygen atoms in total. The van der Waals surface area contributed by atoms with Crippen molar-refractivity contribution in [2.45, 2.75) is 18.4 Å². The van der Waals surface area contributed by atoms with Crippen LogP contribution in [-0.2, 0) is 10.3 Å². The van der Waals surface area contributed by atoms with Crippen LogP contribution >= 0.6 is 11.6 Å². The van der Waals surface area contributed by atoms with Crippen molar-refractivity contribution in [2.24, 2.45) is 0 Å². The lowest BCUT2D eigenvalue weighted by molar-refractivity contribution is 0.0336. The number of furan rings is 1. The Morgan fingerprint density at radius 2 is 2.00 bits per heavy atom. The molecule has 1 aromatic heterocycles. The summed E-state index contributed by atoms with van der Waals surface area (Å²) in [4.78, 5) is 12.4. The van der Waals surface area contributed by atoms with Crippen molar-refractivity contribution in [3.8, 4) is 0 Å². The number of carbonyl (C=O) groups excluding carboxylic acids is 1. The van der Waals surface area contributed by atoms with Gasteiger partial charge in [-0.25, -0.2) is 4.39 Å². The minimum absolute atomic E-state index is 0.132. The average molecular weight is 324 g/mol. The van der Waals surface area contributed by atoms with Crippen molar-refractivity contribution >= 4 is 17.5 Å². The molecule has 22 heavy (non-hydrogen) atoms. The van der Waals surface area contributed by atoms with Gasteiger partial charge in [0.15, 0.2) is 11.0 Å². The van der Waals surface area contributed by atoms with Crippen molar-refractivity contribution in [1.29, 1.82) is 0 Å².